The van der Waals surface area contributed by atoms with Crippen molar-refractivity contribution in [1.29, 1.82) is 0 Å². The molecule has 0 saturated heterocycles. The number of fused-ring (bicyclic) bond motifs is 3. The largest absolute Gasteiger partial charge is 0.462 e. The zero-order chi connectivity index (χ0) is 25.1. The van der Waals surface area contributed by atoms with Crippen LogP contribution in [-0.2, 0) is 24.5 Å². The molecule has 2 aromatic rings. The lowest BCUT2D eigenvalue weighted by Crippen LogP contribution is -2.53. The number of Topliss-reactive ketones (excluding diaryl/α,β-unsaturated/α-hetero) is 1. The summed E-state index contributed by atoms with van der Waals surface area (Å²) in [6.07, 6.45) is 1.19. The van der Waals surface area contributed by atoms with Crippen molar-refractivity contribution < 1.29 is 19.1 Å². The highest BCUT2D eigenvalue weighted by atomic mass is 35.5. The van der Waals surface area contributed by atoms with Gasteiger partial charge in [0.25, 0.3) is 0 Å². The van der Waals surface area contributed by atoms with Gasteiger partial charge in [-0.2, -0.15) is 0 Å². The van der Waals surface area contributed by atoms with Crippen LogP contribution in [0.5, 0.6) is 0 Å². The summed E-state index contributed by atoms with van der Waals surface area (Å²) in [5.74, 6) is -1.69. The molecule has 2 aromatic carbocycles. The van der Waals surface area contributed by atoms with Gasteiger partial charge in [0.15, 0.2) is 5.78 Å². The lowest BCUT2D eigenvalue weighted by Gasteiger charge is -2.44. The number of nitrogens with zero attached hydrogens (tertiary/aromatic N) is 1. The van der Waals surface area contributed by atoms with Gasteiger partial charge in [-0.25, -0.2) is 4.79 Å². The number of nitrogens with one attached hydrogen (secondary N) is 1. The Bertz CT molecular complexity index is 1380. The lowest BCUT2D eigenvalue weighted by atomic mass is 9.63. The van der Waals surface area contributed by atoms with E-state index in [1.165, 1.54) is 0 Å². The van der Waals surface area contributed by atoms with Crippen molar-refractivity contribution in [3.63, 3.8) is 0 Å². The number of anilines is 2. The smallest absolute Gasteiger partial charge is 0.339 e. The van der Waals surface area contributed by atoms with Crippen molar-refractivity contribution in [2.75, 3.05) is 16.8 Å². The molecule has 35 heavy (non-hydrogen) atoms. The molecule has 2 aliphatic heterocycles. The topological polar surface area (TPSA) is 102 Å². The first-order chi connectivity index (χ1) is 16.7. The maximum atomic E-state index is 13.8. The molecule has 2 heterocycles. The van der Waals surface area contributed by atoms with Gasteiger partial charge < -0.3 is 15.8 Å². The third-order valence-electron chi connectivity index (χ3n) is 6.51. The Balaban J connectivity index is 1.92. The number of benzene rings is 2. The standard InChI is InChI=1S/C25H20Cl3N3O4/c1-2-35-23(33)21-22(29)31(17-9-7-13(27)11-15(17)28)18-4-3-5-19(32)20(18)25(21)14-10-12(26)6-8-16(14)30-24(25)34/h6-11H,2-5,29H2,1H3,(H,30,34). The number of nitrogens with two attached hydrogens (primary N) is 1. The van der Waals surface area contributed by atoms with Crippen molar-refractivity contribution >= 4 is 63.8 Å². The van der Waals surface area contributed by atoms with E-state index in [2.05, 4.69) is 5.32 Å². The number of halogens is 3. The fourth-order valence-electron chi connectivity index (χ4n) is 5.22. The van der Waals surface area contributed by atoms with Crippen LogP contribution in [0.25, 0.3) is 0 Å². The van der Waals surface area contributed by atoms with Crippen molar-refractivity contribution in [3.8, 4) is 0 Å². The average Bonchev–Trinajstić information content (AvgIpc) is 3.07. The number of amides is 1. The lowest BCUT2D eigenvalue weighted by molar-refractivity contribution is -0.140. The van der Waals surface area contributed by atoms with Crippen LogP contribution in [-0.4, -0.2) is 24.3 Å². The van der Waals surface area contributed by atoms with Gasteiger partial charge in [-0.1, -0.05) is 34.8 Å². The summed E-state index contributed by atoms with van der Waals surface area (Å²) in [6, 6.07) is 9.67. The number of carbonyl (C=O) groups excluding carboxylic acids is 3. The monoisotopic (exact) mass is 531 g/mol. The average molecular weight is 533 g/mol. The number of ketones is 1. The first-order valence-corrected chi connectivity index (χ1v) is 12.2. The van der Waals surface area contributed by atoms with E-state index in [0.717, 1.165) is 0 Å². The summed E-state index contributed by atoms with van der Waals surface area (Å²) in [7, 11) is 0. The van der Waals surface area contributed by atoms with Crippen LogP contribution in [0.15, 0.2) is 59.1 Å². The van der Waals surface area contributed by atoms with Crippen LogP contribution in [0, 0.1) is 0 Å². The molecule has 1 atom stereocenters. The molecule has 1 aliphatic carbocycles. The fraction of sp³-hybridized carbons (Fsp3) is 0.240. The second kappa shape index (κ2) is 8.59. The number of hydrogen-bond donors (Lipinski definition) is 2. The van der Waals surface area contributed by atoms with E-state index in [1.807, 2.05) is 0 Å². The van der Waals surface area contributed by atoms with E-state index in [0.29, 0.717) is 45.5 Å². The number of hydrogen-bond acceptors (Lipinski definition) is 6. The van der Waals surface area contributed by atoms with Gasteiger partial charge in [0.05, 0.1) is 17.3 Å². The van der Waals surface area contributed by atoms with Crippen LogP contribution in [0.3, 0.4) is 0 Å². The minimum Gasteiger partial charge on any atom is -0.462 e. The predicted octanol–water partition coefficient (Wildman–Crippen LogP) is 5.10. The van der Waals surface area contributed by atoms with E-state index in [9.17, 15) is 14.4 Å². The molecule has 0 bridgehead atoms. The van der Waals surface area contributed by atoms with E-state index in [-0.39, 0.29) is 40.8 Å². The highest BCUT2D eigenvalue weighted by molar-refractivity contribution is 6.36. The Morgan fingerprint density at radius 2 is 1.83 bits per heavy atom. The molecular formula is C25H20Cl3N3O4. The molecule has 3 aliphatic rings. The van der Waals surface area contributed by atoms with Crippen LogP contribution in [0.4, 0.5) is 11.4 Å². The second-order valence-electron chi connectivity index (χ2n) is 8.40. The SMILES string of the molecule is CCOC(=O)C1=C(N)N(c2ccc(Cl)cc2Cl)C2=C(C(=O)CCC2)C12C(=O)Nc1ccc(Cl)cc12. The summed E-state index contributed by atoms with van der Waals surface area (Å²) in [6.45, 7) is 1.69. The molecule has 0 fully saturated rings. The molecule has 7 nitrogen and oxygen atoms in total. The van der Waals surface area contributed by atoms with Crippen LogP contribution in [0.1, 0.15) is 31.7 Å². The van der Waals surface area contributed by atoms with Crippen molar-refractivity contribution in [1.82, 2.24) is 0 Å². The molecule has 1 spiro atoms. The predicted molar refractivity (Wildman–Crippen MR) is 134 cm³/mol. The minimum atomic E-state index is -1.81. The van der Waals surface area contributed by atoms with Gasteiger partial charge in [-0.3, -0.25) is 14.5 Å². The van der Waals surface area contributed by atoms with Gasteiger partial charge >= 0.3 is 5.97 Å². The Labute approximate surface area is 216 Å². The number of carbonyl (C=O) groups is 3. The van der Waals surface area contributed by atoms with Gasteiger partial charge in [0, 0.05) is 39.0 Å². The Morgan fingerprint density at radius 3 is 2.54 bits per heavy atom. The first-order valence-electron chi connectivity index (χ1n) is 11.0. The third kappa shape index (κ3) is 3.37. The second-order valence-corrected chi connectivity index (χ2v) is 9.68. The molecule has 1 unspecified atom stereocenters. The Hall–Kier alpha value is -3.00. The van der Waals surface area contributed by atoms with E-state index < -0.39 is 17.3 Å². The Kier molecular flexibility index (Phi) is 5.82. The highest BCUT2D eigenvalue weighted by Gasteiger charge is 2.62. The van der Waals surface area contributed by atoms with Gasteiger partial charge in [-0.15, -0.1) is 0 Å². The number of allylic oxidation sites excluding steroid dienone is 1. The third-order valence-corrected chi connectivity index (χ3v) is 7.28. The van der Waals surface area contributed by atoms with Crippen molar-refractivity contribution in [2.45, 2.75) is 31.6 Å². The molecule has 0 radical (unpaired) electrons. The highest BCUT2D eigenvalue weighted by Crippen LogP contribution is 2.56. The minimum absolute atomic E-state index is 0.0390. The molecular weight excluding hydrogens is 513 g/mol. The molecule has 3 N–H and O–H groups in total. The van der Waals surface area contributed by atoms with Crippen LogP contribution < -0.4 is 16.0 Å². The molecule has 1 amide bonds. The van der Waals surface area contributed by atoms with Crippen LogP contribution in [0.2, 0.25) is 15.1 Å². The number of ether oxygens (including phenoxy) is 1. The summed E-state index contributed by atoms with van der Waals surface area (Å²) in [4.78, 5) is 42.5. The summed E-state index contributed by atoms with van der Waals surface area (Å²) < 4.78 is 5.38. The van der Waals surface area contributed by atoms with Crippen molar-refractivity contribution in [3.05, 3.63) is 79.7 Å². The van der Waals surface area contributed by atoms with E-state index >= 15 is 0 Å². The summed E-state index contributed by atoms with van der Waals surface area (Å²) in [5, 5.41) is 3.84. The Morgan fingerprint density at radius 1 is 1.11 bits per heavy atom. The van der Waals surface area contributed by atoms with E-state index in [1.54, 1.807) is 48.2 Å². The fourth-order valence-corrected chi connectivity index (χ4v) is 5.89. The maximum Gasteiger partial charge on any atom is 0.339 e. The van der Waals surface area contributed by atoms with Gasteiger partial charge in [-0.05, 0) is 56.2 Å². The van der Waals surface area contributed by atoms with E-state index in [4.69, 9.17) is 45.3 Å². The quantitative estimate of drug-likeness (QED) is 0.534. The first kappa shape index (κ1) is 23.7. The number of esters is 1. The maximum absolute atomic E-state index is 13.8. The van der Waals surface area contributed by atoms with Gasteiger partial charge in [0.2, 0.25) is 5.91 Å². The zero-order valence-electron chi connectivity index (χ0n) is 18.6. The summed E-state index contributed by atoms with van der Waals surface area (Å²) in [5.41, 5.74) is 6.67. The normalized spacial score (nSPS) is 21.3. The molecule has 5 rings (SSSR count). The molecule has 180 valence electrons. The van der Waals surface area contributed by atoms with Crippen LogP contribution >= 0.6 is 34.8 Å². The molecule has 0 aromatic heterocycles. The summed E-state index contributed by atoms with van der Waals surface area (Å²) >= 11 is 19.0. The zero-order valence-corrected chi connectivity index (χ0v) is 20.9. The van der Waals surface area contributed by atoms with Gasteiger partial charge in [0.1, 0.15) is 16.8 Å². The number of rotatable bonds is 3. The van der Waals surface area contributed by atoms with Crippen molar-refractivity contribution in [2.24, 2.45) is 5.73 Å². The molecule has 0 saturated carbocycles. The molecule has 10 heteroatoms.